The monoisotopic (exact) mass is 463 g/mol. The van der Waals surface area contributed by atoms with Gasteiger partial charge in [-0.05, 0) is 44.0 Å². The predicted molar refractivity (Wildman–Crippen MR) is 112 cm³/mol. The molecule has 0 radical (unpaired) electrons. The minimum Gasteiger partial charge on any atom is -0.344 e. The number of carbonyl (C=O) groups is 1. The summed E-state index contributed by atoms with van der Waals surface area (Å²) in [7, 11) is 0. The number of alkyl halides is 3. The fraction of sp³-hybridized carbons (Fsp3) is 0.261. The molecule has 1 saturated carbocycles. The summed E-state index contributed by atoms with van der Waals surface area (Å²) in [6.45, 7) is 1.61. The standard InChI is InChI=1S/C23H16F3N7O/c1-13(19-20(30-7-6-29-19)16-3-2-14(10-27)11-31-16)32-21(34)15-8-17(22(12-28)4-5-22)33-18(9-15)23(24,25)26/h2-3,6-9,11,13H,4-5H2,1H3,(H,32,34). The minimum atomic E-state index is -4.78. The molecule has 1 aliphatic rings. The normalized spacial score (nSPS) is 15.0. The fourth-order valence-electron chi connectivity index (χ4n) is 3.41. The summed E-state index contributed by atoms with van der Waals surface area (Å²) in [5.41, 5.74) is -1.18. The molecule has 3 heterocycles. The summed E-state index contributed by atoms with van der Waals surface area (Å²) < 4.78 is 40.3. The Balaban J connectivity index is 1.65. The highest BCUT2D eigenvalue weighted by molar-refractivity contribution is 5.94. The lowest BCUT2D eigenvalue weighted by Crippen LogP contribution is -2.29. The van der Waals surface area contributed by atoms with Gasteiger partial charge >= 0.3 is 6.18 Å². The molecule has 8 nitrogen and oxygen atoms in total. The number of amides is 1. The summed E-state index contributed by atoms with van der Waals surface area (Å²) >= 11 is 0. The van der Waals surface area contributed by atoms with Crippen molar-refractivity contribution in [3.63, 3.8) is 0 Å². The first kappa shape index (κ1) is 22.8. The van der Waals surface area contributed by atoms with Crippen molar-refractivity contribution in [3.05, 3.63) is 71.1 Å². The van der Waals surface area contributed by atoms with E-state index in [2.05, 4.69) is 25.3 Å². The average molecular weight is 463 g/mol. The number of nitriles is 2. The Hall–Kier alpha value is -4.38. The Morgan fingerprint density at radius 3 is 2.47 bits per heavy atom. The zero-order valence-electron chi connectivity index (χ0n) is 17.8. The van der Waals surface area contributed by atoms with Gasteiger partial charge in [0.05, 0.1) is 40.2 Å². The Labute approximate surface area is 192 Å². The van der Waals surface area contributed by atoms with Gasteiger partial charge in [0.15, 0.2) is 0 Å². The molecule has 1 fully saturated rings. The molecule has 3 aromatic heterocycles. The second-order valence-electron chi connectivity index (χ2n) is 7.85. The third-order valence-electron chi connectivity index (χ3n) is 5.45. The first-order chi connectivity index (χ1) is 16.2. The Bertz CT molecular complexity index is 1340. The van der Waals surface area contributed by atoms with Crippen LogP contribution in [0.3, 0.4) is 0 Å². The van der Waals surface area contributed by atoms with E-state index in [-0.39, 0.29) is 11.3 Å². The summed E-state index contributed by atoms with van der Waals surface area (Å²) in [6, 6.07) is 8.27. The van der Waals surface area contributed by atoms with Gasteiger partial charge in [-0.2, -0.15) is 23.7 Å². The predicted octanol–water partition coefficient (Wildman–Crippen LogP) is 3.87. The lowest BCUT2D eigenvalue weighted by molar-refractivity contribution is -0.141. The lowest BCUT2D eigenvalue weighted by atomic mass is 10.0. The molecular formula is C23H16F3N7O. The third-order valence-corrected chi connectivity index (χ3v) is 5.45. The smallest absolute Gasteiger partial charge is 0.344 e. The minimum absolute atomic E-state index is 0.0652. The van der Waals surface area contributed by atoms with E-state index in [1.165, 1.54) is 24.7 Å². The number of hydrogen-bond donors (Lipinski definition) is 1. The summed E-state index contributed by atoms with van der Waals surface area (Å²) in [4.78, 5) is 29.3. The average Bonchev–Trinajstić information content (AvgIpc) is 3.65. The van der Waals surface area contributed by atoms with Gasteiger partial charge in [-0.1, -0.05) is 0 Å². The molecular weight excluding hydrogens is 447 g/mol. The number of nitrogens with zero attached hydrogens (tertiary/aromatic N) is 6. The van der Waals surface area contributed by atoms with E-state index in [0.717, 1.165) is 0 Å². The molecule has 0 aliphatic heterocycles. The Morgan fingerprint density at radius 2 is 1.88 bits per heavy atom. The number of hydrogen-bond acceptors (Lipinski definition) is 7. The fourth-order valence-corrected chi connectivity index (χ4v) is 3.41. The first-order valence-electron chi connectivity index (χ1n) is 10.2. The molecule has 1 amide bonds. The van der Waals surface area contributed by atoms with E-state index in [9.17, 15) is 23.2 Å². The maximum Gasteiger partial charge on any atom is 0.433 e. The van der Waals surface area contributed by atoms with Crippen molar-refractivity contribution in [3.8, 4) is 23.5 Å². The van der Waals surface area contributed by atoms with Gasteiger partial charge in [-0.3, -0.25) is 19.7 Å². The number of pyridine rings is 2. The van der Waals surface area contributed by atoms with E-state index in [1.807, 2.05) is 12.1 Å². The Morgan fingerprint density at radius 1 is 1.15 bits per heavy atom. The summed E-state index contributed by atoms with van der Waals surface area (Å²) in [6.07, 6.45) is 0.223. The Kier molecular flexibility index (Phi) is 5.71. The molecule has 170 valence electrons. The number of aromatic nitrogens is 4. The molecule has 3 aromatic rings. The van der Waals surface area contributed by atoms with Crippen molar-refractivity contribution >= 4 is 5.91 Å². The lowest BCUT2D eigenvalue weighted by Gasteiger charge is -2.17. The molecule has 1 atom stereocenters. The van der Waals surface area contributed by atoms with Gasteiger partial charge in [0.1, 0.15) is 17.5 Å². The van der Waals surface area contributed by atoms with Crippen molar-refractivity contribution in [2.75, 3.05) is 0 Å². The first-order valence-corrected chi connectivity index (χ1v) is 10.2. The molecule has 4 rings (SSSR count). The van der Waals surface area contributed by atoms with Gasteiger partial charge in [0, 0.05) is 24.2 Å². The summed E-state index contributed by atoms with van der Waals surface area (Å²) in [5, 5.41) is 21.0. The summed E-state index contributed by atoms with van der Waals surface area (Å²) in [5.74, 6) is -0.778. The molecule has 1 unspecified atom stereocenters. The highest BCUT2D eigenvalue weighted by Gasteiger charge is 2.48. The maximum atomic E-state index is 13.4. The molecule has 0 saturated heterocycles. The van der Waals surface area contributed by atoms with Gasteiger partial charge in [0.25, 0.3) is 5.91 Å². The molecule has 0 spiro atoms. The van der Waals surface area contributed by atoms with Crippen molar-refractivity contribution < 1.29 is 18.0 Å². The molecule has 0 aromatic carbocycles. The van der Waals surface area contributed by atoms with Gasteiger partial charge in [-0.15, -0.1) is 0 Å². The maximum absolute atomic E-state index is 13.4. The highest BCUT2D eigenvalue weighted by Crippen LogP contribution is 2.47. The van der Waals surface area contributed by atoms with Crippen LogP contribution in [0.5, 0.6) is 0 Å². The zero-order valence-corrected chi connectivity index (χ0v) is 17.8. The second kappa shape index (κ2) is 8.52. The van der Waals surface area contributed by atoms with Crippen molar-refractivity contribution in [2.45, 2.75) is 37.4 Å². The van der Waals surface area contributed by atoms with Crippen molar-refractivity contribution in [1.82, 2.24) is 25.3 Å². The van der Waals surface area contributed by atoms with E-state index in [1.54, 1.807) is 19.1 Å². The van der Waals surface area contributed by atoms with Crippen LogP contribution in [-0.2, 0) is 11.6 Å². The molecule has 1 aliphatic carbocycles. The highest BCUT2D eigenvalue weighted by atomic mass is 19.4. The van der Waals surface area contributed by atoms with Crippen molar-refractivity contribution in [2.24, 2.45) is 0 Å². The topological polar surface area (TPSA) is 128 Å². The zero-order chi connectivity index (χ0) is 24.5. The van der Waals surface area contributed by atoms with Crippen LogP contribution >= 0.6 is 0 Å². The molecule has 34 heavy (non-hydrogen) atoms. The SMILES string of the molecule is CC(NC(=O)c1cc(C(F)(F)F)nc(C2(C#N)CC2)c1)c1nccnc1-c1ccc(C#N)cn1. The van der Waals surface area contributed by atoms with Crippen LogP contribution in [0.15, 0.2) is 42.9 Å². The van der Waals surface area contributed by atoms with E-state index < -0.39 is 29.2 Å². The van der Waals surface area contributed by atoms with E-state index in [4.69, 9.17) is 5.26 Å². The second-order valence-corrected chi connectivity index (χ2v) is 7.85. The van der Waals surface area contributed by atoms with E-state index >= 15 is 0 Å². The molecule has 1 N–H and O–H groups in total. The largest absolute Gasteiger partial charge is 0.433 e. The van der Waals surface area contributed by atoms with Crippen LogP contribution in [0.25, 0.3) is 11.4 Å². The van der Waals surface area contributed by atoms with Crippen LogP contribution in [0, 0.1) is 22.7 Å². The molecule has 11 heteroatoms. The van der Waals surface area contributed by atoms with Crippen LogP contribution in [-0.4, -0.2) is 25.8 Å². The van der Waals surface area contributed by atoms with Gasteiger partial charge in [-0.25, -0.2) is 4.98 Å². The van der Waals surface area contributed by atoms with Gasteiger partial charge in [0.2, 0.25) is 0 Å². The number of halogens is 3. The third kappa shape index (κ3) is 4.41. The number of carbonyl (C=O) groups excluding carboxylic acids is 1. The number of rotatable bonds is 5. The van der Waals surface area contributed by atoms with Crippen LogP contribution in [0.1, 0.15) is 58.8 Å². The van der Waals surface area contributed by atoms with Crippen LogP contribution < -0.4 is 5.32 Å². The van der Waals surface area contributed by atoms with Gasteiger partial charge < -0.3 is 5.32 Å². The molecule has 0 bridgehead atoms. The number of nitrogens with one attached hydrogen (secondary N) is 1. The van der Waals surface area contributed by atoms with Crippen LogP contribution in [0.2, 0.25) is 0 Å². The van der Waals surface area contributed by atoms with E-state index in [0.29, 0.717) is 41.6 Å². The quantitative estimate of drug-likeness (QED) is 0.608. The van der Waals surface area contributed by atoms with Crippen molar-refractivity contribution in [1.29, 1.82) is 10.5 Å². The van der Waals surface area contributed by atoms with Crippen LogP contribution in [0.4, 0.5) is 13.2 Å².